The number of aromatic nitrogens is 1. The van der Waals surface area contributed by atoms with Crippen LogP contribution in [-0.4, -0.2) is 4.57 Å². The molecule has 0 saturated heterocycles. The predicted molar refractivity (Wildman–Crippen MR) is 56.2 cm³/mol. The molecule has 2 aromatic rings. The van der Waals surface area contributed by atoms with E-state index in [2.05, 4.69) is 24.5 Å². The maximum atomic E-state index is 5.89. The zero-order chi connectivity index (χ0) is 9.42. The van der Waals surface area contributed by atoms with E-state index in [1.54, 1.807) is 0 Å². The van der Waals surface area contributed by atoms with Gasteiger partial charge in [0, 0.05) is 34.2 Å². The SMILES string of the molecule is CCn1c(C)[c]c2cc(Cl)ccc21. The summed E-state index contributed by atoms with van der Waals surface area (Å²) in [7, 11) is 0. The molecule has 0 fully saturated rings. The van der Waals surface area contributed by atoms with Crippen molar-refractivity contribution in [3.8, 4) is 0 Å². The van der Waals surface area contributed by atoms with Crippen molar-refractivity contribution in [1.82, 2.24) is 4.57 Å². The highest BCUT2D eigenvalue weighted by atomic mass is 35.5. The van der Waals surface area contributed by atoms with Crippen LogP contribution in [0.2, 0.25) is 5.02 Å². The lowest BCUT2D eigenvalue weighted by Gasteiger charge is -2.02. The van der Waals surface area contributed by atoms with Gasteiger partial charge in [0.2, 0.25) is 0 Å². The number of nitrogens with zero attached hydrogens (tertiary/aromatic N) is 1. The van der Waals surface area contributed by atoms with Gasteiger partial charge in [-0.05, 0) is 32.0 Å². The highest BCUT2D eigenvalue weighted by molar-refractivity contribution is 6.31. The Morgan fingerprint density at radius 3 is 2.92 bits per heavy atom. The number of halogens is 1. The van der Waals surface area contributed by atoms with Crippen molar-refractivity contribution in [3.63, 3.8) is 0 Å². The van der Waals surface area contributed by atoms with Crippen molar-refractivity contribution >= 4 is 22.5 Å². The topological polar surface area (TPSA) is 4.93 Å². The van der Waals surface area contributed by atoms with E-state index in [-0.39, 0.29) is 0 Å². The fourth-order valence-electron chi connectivity index (χ4n) is 1.69. The van der Waals surface area contributed by atoms with Crippen LogP contribution in [0.3, 0.4) is 0 Å². The molecule has 0 atom stereocenters. The summed E-state index contributed by atoms with van der Waals surface area (Å²) in [5.74, 6) is 0. The zero-order valence-corrected chi connectivity index (χ0v) is 8.52. The fourth-order valence-corrected chi connectivity index (χ4v) is 1.87. The highest BCUT2D eigenvalue weighted by Gasteiger charge is 2.03. The molecule has 0 aliphatic rings. The van der Waals surface area contributed by atoms with Crippen LogP contribution >= 0.6 is 11.6 Å². The first kappa shape index (κ1) is 8.64. The minimum Gasteiger partial charge on any atom is -0.345 e. The van der Waals surface area contributed by atoms with Gasteiger partial charge in [-0.2, -0.15) is 0 Å². The molecule has 0 unspecified atom stereocenters. The number of fused-ring (bicyclic) bond motifs is 1. The van der Waals surface area contributed by atoms with E-state index in [4.69, 9.17) is 11.6 Å². The first-order chi connectivity index (χ1) is 6.22. The van der Waals surface area contributed by atoms with E-state index >= 15 is 0 Å². The van der Waals surface area contributed by atoms with Gasteiger partial charge in [-0.25, -0.2) is 0 Å². The Balaban J connectivity index is 2.79. The molecule has 0 aliphatic heterocycles. The van der Waals surface area contributed by atoms with Crippen molar-refractivity contribution in [2.75, 3.05) is 0 Å². The molecule has 67 valence electrons. The molecule has 0 N–H and O–H groups in total. The van der Waals surface area contributed by atoms with Gasteiger partial charge in [-0.15, -0.1) is 0 Å². The standard InChI is InChI=1S/C11H11ClN/c1-3-13-8(2)6-9-7-10(12)4-5-11(9)13/h4-5,7H,3H2,1-2H3. The molecule has 0 spiro atoms. The van der Waals surface area contributed by atoms with Crippen molar-refractivity contribution in [3.05, 3.63) is 35.0 Å². The molecule has 0 amide bonds. The zero-order valence-electron chi connectivity index (χ0n) is 7.76. The molecule has 2 heteroatoms. The number of benzene rings is 1. The minimum atomic E-state index is 0.775. The third kappa shape index (κ3) is 1.33. The van der Waals surface area contributed by atoms with Crippen LogP contribution < -0.4 is 0 Å². The van der Waals surface area contributed by atoms with E-state index in [0.717, 1.165) is 17.0 Å². The maximum absolute atomic E-state index is 5.89. The molecule has 0 bridgehead atoms. The summed E-state index contributed by atoms with van der Waals surface area (Å²) in [5.41, 5.74) is 2.38. The summed E-state index contributed by atoms with van der Waals surface area (Å²) in [6.45, 7) is 5.18. The van der Waals surface area contributed by atoms with E-state index < -0.39 is 0 Å². The smallest absolute Gasteiger partial charge is 0.0489 e. The number of aryl methyl sites for hydroxylation is 2. The molecule has 0 saturated carbocycles. The third-order valence-corrected chi connectivity index (χ3v) is 2.52. The Kier molecular flexibility index (Phi) is 2.04. The van der Waals surface area contributed by atoms with E-state index in [1.807, 2.05) is 18.2 Å². The Bertz CT molecular complexity index is 443. The lowest BCUT2D eigenvalue weighted by atomic mass is 10.2. The molecule has 2 rings (SSSR count). The molecular formula is C11H11ClN. The van der Waals surface area contributed by atoms with Crippen LogP contribution in [0, 0.1) is 13.0 Å². The van der Waals surface area contributed by atoms with Gasteiger partial charge in [0.25, 0.3) is 0 Å². The second kappa shape index (κ2) is 3.08. The maximum Gasteiger partial charge on any atom is 0.0489 e. The Labute approximate surface area is 82.9 Å². The summed E-state index contributed by atoms with van der Waals surface area (Å²) in [6, 6.07) is 9.22. The highest BCUT2D eigenvalue weighted by Crippen LogP contribution is 2.22. The van der Waals surface area contributed by atoms with Crippen molar-refractivity contribution < 1.29 is 0 Å². The van der Waals surface area contributed by atoms with E-state index in [1.165, 1.54) is 11.2 Å². The van der Waals surface area contributed by atoms with Gasteiger partial charge < -0.3 is 4.57 Å². The number of hydrogen-bond donors (Lipinski definition) is 0. The average Bonchev–Trinajstić information content (AvgIpc) is 2.39. The Morgan fingerprint density at radius 1 is 1.46 bits per heavy atom. The average molecular weight is 193 g/mol. The van der Waals surface area contributed by atoms with Crippen LogP contribution in [0.4, 0.5) is 0 Å². The largest absolute Gasteiger partial charge is 0.345 e. The normalized spacial score (nSPS) is 11.0. The van der Waals surface area contributed by atoms with Gasteiger partial charge >= 0.3 is 0 Å². The second-order valence-corrected chi connectivity index (χ2v) is 3.55. The van der Waals surface area contributed by atoms with Crippen LogP contribution in [0.25, 0.3) is 10.9 Å². The summed E-state index contributed by atoms with van der Waals surface area (Å²) in [6.07, 6.45) is 0. The summed E-state index contributed by atoms with van der Waals surface area (Å²) >= 11 is 5.89. The molecular weight excluding hydrogens is 182 g/mol. The van der Waals surface area contributed by atoms with Crippen molar-refractivity contribution in [2.45, 2.75) is 20.4 Å². The first-order valence-electron chi connectivity index (χ1n) is 4.40. The number of hydrogen-bond acceptors (Lipinski definition) is 0. The molecule has 1 radical (unpaired) electrons. The fraction of sp³-hybridized carbons (Fsp3) is 0.273. The molecule has 1 heterocycles. The Morgan fingerprint density at radius 2 is 2.23 bits per heavy atom. The van der Waals surface area contributed by atoms with E-state index in [9.17, 15) is 0 Å². The van der Waals surface area contributed by atoms with Gasteiger partial charge in [0.05, 0.1) is 0 Å². The lowest BCUT2D eigenvalue weighted by Crippen LogP contribution is -1.94. The lowest BCUT2D eigenvalue weighted by molar-refractivity contribution is 0.769. The third-order valence-electron chi connectivity index (χ3n) is 2.29. The van der Waals surface area contributed by atoms with Crippen LogP contribution in [0.1, 0.15) is 12.6 Å². The minimum absolute atomic E-state index is 0.775. The molecule has 13 heavy (non-hydrogen) atoms. The quantitative estimate of drug-likeness (QED) is 0.653. The monoisotopic (exact) mass is 192 g/mol. The van der Waals surface area contributed by atoms with Crippen molar-refractivity contribution in [2.24, 2.45) is 0 Å². The molecule has 0 aliphatic carbocycles. The van der Waals surface area contributed by atoms with Gasteiger partial charge in [0.15, 0.2) is 0 Å². The first-order valence-corrected chi connectivity index (χ1v) is 4.78. The molecule has 1 aromatic carbocycles. The molecule has 1 nitrogen and oxygen atoms in total. The van der Waals surface area contributed by atoms with Crippen LogP contribution in [0.15, 0.2) is 18.2 Å². The second-order valence-electron chi connectivity index (χ2n) is 3.12. The summed E-state index contributed by atoms with van der Waals surface area (Å²) in [5, 5.41) is 1.88. The predicted octanol–water partition coefficient (Wildman–Crippen LogP) is 3.42. The van der Waals surface area contributed by atoms with Crippen LogP contribution in [0.5, 0.6) is 0 Å². The Hall–Kier alpha value is -0.950. The van der Waals surface area contributed by atoms with Crippen LogP contribution in [-0.2, 0) is 6.54 Å². The van der Waals surface area contributed by atoms with Gasteiger partial charge in [-0.3, -0.25) is 0 Å². The van der Waals surface area contributed by atoms with Crippen molar-refractivity contribution in [1.29, 1.82) is 0 Å². The molecule has 1 aromatic heterocycles. The summed E-state index contributed by atoms with van der Waals surface area (Å²) < 4.78 is 2.23. The summed E-state index contributed by atoms with van der Waals surface area (Å²) in [4.78, 5) is 0. The van der Waals surface area contributed by atoms with E-state index in [0.29, 0.717) is 0 Å². The number of rotatable bonds is 1. The van der Waals surface area contributed by atoms with Gasteiger partial charge in [-0.1, -0.05) is 11.6 Å². The van der Waals surface area contributed by atoms with Gasteiger partial charge in [0.1, 0.15) is 0 Å².